The third-order valence-electron chi connectivity index (χ3n) is 3.89. The summed E-state index contributed by atoms with van der Waals surface area (Å²) >= 11 is 5.83. The predicted molar refractivity (Wildman–Crippen MR) is 83.2 cm³/mol. The SMILES string of the molecule is Cc1cc(Cl)c([N+](=O)[O-])cc1NC(=O)N1CCC(CO)CC1. The molecule has 22 heavy (non-hydrogen) atoms. The number of halogens is 1. The predicted octanol–water partition coefficient (Wildman–Crippen LogP) is 2.79. The maximum Gasteiger partial charge on any atom is 0.321 e. The Bertz CT molecular complexity index is 586. The number of amides is 2. The molecule has 1 fully saturated rings. The van der Waals surface area contributed by atoms with E-state index in [0.717, 1.165) is 12.8 Å². The summed E-state index contributed by atoms with van der Waals surface area (Å²) in [5.74, 6) is 0.238. The number of aliphatic hydroxyl groups excluding tert-OH is 1. The minimum Gasteiger partial charge on any atom is -0.396 e. The van der Waals surface area contributed by atoms with Crippen LogP contribution in [0.25, 0.3) is 0 Å². The lowest BCUT2D eigenvalue weighted by Gasteiger charge is -2.31. The molecule has 2 N–H and O–H groups in total. The number of rotatable bonds is 3. The summed E-state index contributed by atoms with van der Waals surface area (Å²) < 4.78 is 0. The summed E-state index contributed by atoms with van der Waals surface area (Å²) in [4.78, 5) is 24.2. The Labute approximate surface area is 133 Å². The Morgan fingerprint density at radius 2 is 2.14 bits per heavy atom. The lowest BCUT2D eigenvalue weighted by atomic mass is 9.98. The van der Waals surface area contributed by atoms with Gasteiger partial charge in [-0.3, -0.25) is 10.1 Å². The van der Waals surface area contributed by atoms with Crippen molar-refractivity contribution in [2.24, 2.45) is 5.92 Å². The van der Waals surface area contributed by atoms with Gasteiger partial charge in [0.25, 0.3) is 5.69 Å². The fourth-order valence-corrected chi connectivity index (χ4v) is 2.74. The normalized spacial score (nSPS) is 15.7. The number of aryl methyl sites for hydroxylation is 1. The molecule has 1 saturated heterocycles. The zero-order chi connectivity index (χ0) is 16.3. The summed E-state index contributed by atoms with van der Waals surface area (Å²) in [7, 11) is 0. The lowest BCUT2D eigenvalue weighted by Crippen LogP contribution is -2.41. The van der Waals surface area contributed by atoms with Crippen molar-refractivity contribution in [1.82, 2.24) is 4.90 Å². The van der Waals surface area contributed by atoms with Crippen LogP contribution < -0.4 is 5.32 Å². The molecule has 0 atom stereocenters. The highest BCUT2D eigenvalue weighted by molar-refractivity contribution is 6.32. The van der Waals surface area contributed by atoms with Gasteiger partial charge < -0.3 is 15.3 Å². The molecule has 8 heteroatoms. The average molecular weight is 328 g/mol. The number of nitrogens with one attached hydrogen (secondary N) is 1. The van der Waals surface area contributed by atoms with Crippen LogP contribution in [0.5, 0.6) is 0 Å². The molecular formula is C14H18ClN3O4. The fraction of sp³-hybridized carbons (Fsp3) is 0.500. The molecule has 0 spiro atoms. The fourth-order valence-electron chi connectivity index (χ4n) is 2.45. The molecule has 1 aliphatic rings. The molecule has 0 bridgehead atoms. The van der Waals surface area contributed by atoms with E-state index in [1.807, 2.05) is 0 Å². The highest BCUT2D eigenvalue weighted by Crippen LogP contribution is 2.31. The number of anilines is 1. The van der Waals surface area contributed by atoms with Crippen LogP contribution in [0.4, 0.5) is 16.2 Å². The summed E-state index contributed by atoms with van der Waals surface area (Å²) in [5, 5.41) is 22.8. The molecule has 0 unspecified atom stereocenters. The van der Waals surface area contributed by atoms with E-state index in [1.54, 1.807) is 11.8 Å². The van der Waals surface area contributed by atoms with Gasteiger partial charge in [0, 0.05) is 25.8 Å². The zero-order valence-corrected chi connectivity index (χ0v) is 13.0. The highest BCUT2D eigenvalue weighted by atomic mass is 35.5. The number of carbonyl (C=O) groups excluding carboxylic acids is 1. The number of nitrogens with zero attached hydrogens (tertiary/aromatic N) is 2. The van der Waals surface area contributed by atoms with Gasteiger partial charge in [0.2, 0.25) is 0 Å². The molecule has 0 saturated carbocycles. The van der Waals surface area contributed by atoms with E-state index in [2.05, 4.69) is 5.32 Å². The molecule has 2 rings (SSSR count). The van der Waals surface area contributed by atoms with E-state index < -0.39 is 4.92 Å². The van der Waals surface area contributed by atoms with Gasteiger partial charge >= 0.3 is 6.03 Å². The largest absolute Gasteiger partial charge is 0.396 e. The first-order valence-electron chi connectivity index (χ1n) is 7.03. The maximum atomic E-state index is 12.2. The van der Waals surface area contributed by atoms with Crippen LogP contribution in [0.3, 0.4) is 0 Å². The molecule has 1 heterocycles. The van der Waals surface area contributed by atoms with E-state index in [4.69, 9.17) is 16.7 Å². The van der Waals surface area contributed by atoms with Crippen molar-refractivity contribution in [1.29, 1.82) is 0 Å². The Morgan fingerprint density at radius 1 is 1.50 bits per heavy atom. The minimum atomic E-state index is -0.579. The van der Waals surface area contributed by atoms with Crippen molar-refractivity contribution in [3.8, 4) is 0 Å². The molecule has 0 aliphatic carbocycles. The first-order chi connectivity index (χ1) is 10.4. The monoisotopic (exact) mass is 327 g/mol. The van der Waals surface area contributed by atoms with E-state index in [1.165, 1.54) is 12.1 Å². The van der Waals surface area contributed by atoms with E-state index >= 15 is 0 Å². The first kappa shape index (κ1) is 16.5. The second kappa shape index (κ2) is 6.93. The topological polar surface area (TPSA) is 95.7 Å². The number of hydrogen-bond donors (Lipinski definition) is 2. The zero-order valence-electron chi connectivity index (χ0n) is 12.2. The standard InChI is InChI=1S/C14H18ClN3O4/c1-9-6-11(15)13(18(21)22)7-12(9)16-14(20)17-4-2-10(8-19)3-5-17/h6-7,10,19H,2-5,8H2,1H3,(H,16,20). The lowest BCUT2D eigenvalue weighted by molar-refractivity contribution is -0.384. The average Bonchev–Trinajstić information content (AvgIpc) is 2.49. The first-order valence-corrected chi connectivity index (χ1v) is 7.41. The summed E-state index contributed by atoms with van der Waals surface area (Å²) in [6, 6.07) is 2.44. The van der Waals surface area contributed by atoms with Gasteiger partial charge in [-0.15, -0.1) is 0 Å². The van der Waals surface area contributed by atoms with Crippen LogP contribution >= 0.6 is 11.6 Å². The van der Waals surface area contributed by atoms with Crippen LogP contribution in [0.1, 0.15) is 18.4 Å². The van der Waals surface area contributed by atoms with Crippen molar-refractivity contribution in [2.75, 3.05) is 25.0 Å². The van der Waals surface area contributed by atoms with Crippen molar-refractivity contribution in [3.05, 3.63) is 32.8 Å². The van der Waals surface area contributed by atoms with E-state index in [-0.39, 0.29) is 29.3 Å². The summed E-state index contributed by atoms with van der Waals surface area (Å²) in [6.45, 7) is 2.98. The van der Waals surface area contributed by atoms with Gasteiger partial charge in [0.15, 0.2) is 0 Å². The van der Waals surface area contributed by atoms with Gasteiger partial charge in [-0.2, -0.15) is 0 Å². The van der Waals surface area contributed by atoms with Crippen LogP contribution in [-0.2, 0) is 0 Å². The molecule has 120 valence electrons. The third-order valence-corrected chi connectivity index (χ3v) is 4.19. The van der Waals surface area contributed by atoms with E-state index in [0.29, 0.717) is 24.3 Å². The Hall–Kier alpha value is -1.86. The van der Waals surface area contributed by atoms with Crippen LogP contribution in [0.2, 0.25) is 5.02 Å². The number of carbonyl (C=O) groups is 1. The van der Waals surface area contributed by atoms with Gasteiger partial charge in [0.05, 0.1) is 10.6 Å². The van der Waals surface area contributed by atoms with Crippen LogP contribution in [0, 0.1) is 23.0 Å². The second-order valence-corrected chi connectivity index (χ2v) is 5.83. The van der Waals surface area contributed by atoms with Crippen molar-refractivity contribution < 1.29 is 14.8 Å². The maximum absolute atomic E-state index is 12.2. The van der Waals surface area contributed by atoms with Gasteiger partial charge in [-0.05, 0) is 37.3 Å². The molecule has 0 aromatic heterocycles. The number of benzene rings is 1. The molecule has 2 amide bonds. The number of hydrogen-bond acceptors (Lipinski definition) is 4. The number of likely N-dealkylation sites (tertiary alicyclic amines) is 1. The summed E-state index contributed by atoms with van der Waals surface area (Å²) in [5.41, 5.74) is 0.807. The van der Waals surface area contributed by atoms with E-state index in [9.17, 15) is 14.9 Å². The molecule has 1 aromatic carbocycles. The van der Waals surface area contributed by atoms with Crippen LogP contribution in [-0.4, -0.2) is 40.7 Å². The Morgan fingerprint density at radius 3 is 2.68 bits per heavy atom. The smallest absolute Gasteiger partial charge is 0.321 e. The number of urea groups is 1. The van der Waals surface area contributed by atoms with Crippen molar-refractivity contribution >= 4 is 29.0 Å². The highest BCUT2D eigenvalue weighted by Gasteiger charge is 2.23. The summed E-state index contributed by atoms with van der Waals surface area (Å²) in [6.07, 6.45) is 1.51. The molecular weight excluding hydrogens is 310 g/mol. The van der Waals surface area contributed by atoms with Crippen LogP contribution in [0.15, 0.2) is 12.1 Å². The number of nitro groups is 1. The molecule has 7 nitrogen and oxygen atoms in total. The quantitative estimate of drug-likeness (QED) is 0.659. The van der Waals surface area contributed by atoms with Gasteiger partial charge in [-0.1, -0.05) is 11.6 Å². The van der Waals surface area contributed by atoms with Gasteiger partial charge in [0.1, 0.15) is 5.02 Å². The van der Waals surface area contributed by atoms with Crippen molar-refractivity contribution in [2.45, 2.75) is 19.8 Å². The van der Waals surface area contributed by atoms with Crippen molar-refractivity contribution in [3.63, 3.8) is 0 Å². The second-order valence-electron chi connectivity index (χ2n) is 5.42. The Kier molecular flexibility index (Phi) is 5.20. The van der Waals surface area contributed by atoms with Gasteiger partial charge in [-0.25, -0.2) is 4.79 Å². The Balaban J connectivity index is 2.09. The molecule has 1 aromatic rings. The molecule has 0 radical (unpaired) electrons. The third kappa shape index (κ3) is 3.66. The number of nitro benzene ring substituents is 1. The minimum absolute atomic E-state index is 0.0456. The molecule has 1 aliphatic heterocycles. The number of aliphatic hydroxyl groups is 1. The number of piperidine rings is 1.